The van der Waals surface area contributed by atoms with Gasteiger partial charge in [0.2, 0.25) is 5.91 Å². The number of fused-ring (bicyclic) bond motifs is 2. The number of carbonyl (C=O) groups excluding carboxylic acids is 1. The SMILES string of the molecule is Cc1c(CCC(=O)N[C@@H](Cc2ccccc2)C(=O)O)c(=O)oc2cc3occ(-c4ccccc4)c3cc12. The molecular weight excluding hydrogens is 470 g/mol. The van der Waals surface area contributed by atoms with Crippen LogP contribution < -0.4 is 10.9 Å². The number of benzene rings is 3. The fraction of sp³-hybridized carbons (Fsp3) is 0.167. The number of rotatable bonds is 8. The first-order valence-corrected chi connectivity index (χ1v) is 12.0. The van der Waals surface area contributed by atoms with Gasteiger partial charge in [-0.2, -0.15) is 0 Å². The average Bonchev–Trinajstić information content (AvgIpc) is 3.31. The van der Waals surface area contributed by atoms with Crippen molar-refractivity contribution in [1.29, 1.82) is 0 Å². The Morgan fingerprint density at radius 2 is 1.65 bits per heavy atom. The standard InChI is InChI=1S/C30H25NO6/c1-18-21(12-13-28(32)31-25(29(33)34)14-19-8-4-2-5-9-19)30(35)37-27-16-26-23(15-22(18)27)24(17-36-26)20-10-6-3-7-11-20/h2-11,15-17,25H,12-14H2,1H3,(H,31,32)(H,33,34)/t25-/m0/s1. The van der Waals surface area contributed by atoms with Gasteiger partial charge >= 0.3 is 11.6 Å². The number of aryl methyl sites for hydroxylation is 1. The lowest BCUT2D eigenvalue weighted by Crippen LogP contribution is -2.42. The van der Waals surface area contributed by atoms with Crippen molar-refractivity contribution < 1.29 is 23.5 Å². The molecule has 7 heteroatoms. The smallest absolute Gasteiger partial charge is 0.339 e. The molecule has 7 nitrogen and oxygen atoms in total. The van der Waals surface area contributed by atoms with Crippen LogP contribution >= 0.6 is 0 Å². The van der Waals surface area contributed by atoms with Crippen molar-refractivity contribution in [3.63, 3.8) is 0 Å². The van der Waals surface area contributed by atoms with Crippen molar-refractivity contribution in [1.82, 2.24) is 5.32 Å². The van der Waals surface area contributed by atoms with E-state index in [1.807, 2.05) is 73.7 Å². The predicted molar refractivity (Wildman–Crippen MR) is 140 cm³/mol. The molecule has 186 valence electrons. The van der Waals surface area contributed by atoms with Gasteiger partial charge in [-0.3, -0.25) is 4.79 Å². The summed E-state index contributed by atoms with van der Waals surface area (Å²) < 4.78 is 11.3. The predicted octanol–water partition coefficient (Wildman–Crippen LogP) is 5.26. The number of hydrogen-bond donors (Lipinski definition) is 2. The van der Waals surface area contributed by atoms with Crippen molar-refractivity contribution in [2.24, 2.45) is 0 Å². The third-order valence-electron chi connectivity index (χ3n) is 6.58. The van der Waals surface area contributed by atoms with E-state index in [2.05, 4.69) is 5.32 Å². The number of amides is 1. The molecule has 0 spiro atoms. The molecule has 0 aliphatic rings. The highest BCUT2D eigenvalue weighted by molar-refractivity contribution is 6.02. The Balaban J connectivity index is 1.39. The van der Waals surface area contributed by atoms with Gasteiger partial charge in [0.05, 0.1) is 6.26 Å². The maximum Gasteiger partial charge on any atom is 0.339 e. The zero-order chi connectivity index (χ0) is 25.9. The quantitative estimate of drug-likeness (QED) is 0.284. The van der Waals surface area contributed by atoms with E-state index in [0.717, 1.165) is 33.0 Å². The van der Waals surface area contributed by atoms with Gasteiger partial charge in [0, 0.05) is 40.8 Å². The van der Waals surface area contributed by atoms with Crippen molar-refractivity contribution in [3.8, 4) is 11.1 Å². The lowest BCUT2D eigenvalue weighted by atomic mass is 9.98. The van der Waals surface area contributed by atoms with Gasteiger partial charge < -0.3 is 19.3 Å². The van der Waals surface area contributed by atoms with Crippen LogP contribution in [0.5, 0.6) is 0 Å². The number of aliphatic carboxylic acids is 1. The lowest BCUT2D eigenvalue weighted by Gasteiger charge is -2.15. The van der Waals surface area contributed by atoms with Gasteiger partial charge in [-0.05, 0) is 36.1 Å². The van der Waals surface area contributed by atoms with Crippen LogP contribution in [0.25, 0.3) is 33.1 Å². The summed E-state index contributed by atoms with van der Waals surface area (Å²) in [7, 11) is 0. The fourth-order valence-corrected chi connectivity index (χ4v) is 4.60. The zero-order valence-corrected chi connectivity index (χ0v) is 20.2. The number of carbonyl (C=O) groups is 2. The van der Waals surface area contributed by atoms with Crippen LogP contribution in [-0.4, -0.2) is 23.0 Å². The van der Waals surface area contributed by atoms with Gasteiger partial charge in [0.15, 0.2) is 0 Å². The molecular formula is C30H25NO6. The van der Waals surface area contributed by atoms with Crippen molar-refractivity contribution >= 4 is 33.8 Å². The molecule has 0 aliphatic heterocycles. The van der Waals surface area contributed by atoms with E-state index in [1.54, 1.807) is 12.3 Å². The molecule has 2 N–H and O–H groups in total. The second-order valence-corrected chi connectivity index (χ2v) is 9.00. The Morgan fingerprint density at radius 3 is 2.35 bits per heavy atom. The Morgan fingerprint density at radius 1 is 0.946 bits per heavy atom. The summed E-state index contributed by atoms with van der Waals surface area (Å²) in [5.41, 5.74) is 4.36. The lowest BCUT2D eigenvalue weighted by molar-refractivity contribution is -0.141. The first-order chi connectivity index (χ1) is 17.9. The summed E-state index contributed by atoms with van der Waals surface area (Å²) in [6.45, 7) is 1.83. The van der Waals surface area contributed by atoms with Crippen LogP contribution in [0.15, 0.2) is 92.7 Å². The molecule has 37 heavy (non-hydrogen) atoms. The number of furan rings is 1. The van der Waals surface area contributed by atoms with E-state index in [9.17, 15) is 19.5 Å². The average molecular weight is 496 g/mol. The monoisotopic (exact) mass is 495 g/mol. The van der Waals surface area contributed by atoms with Crippen LogP contribution in [0.2, 0.25) is 0 Å². The van der Waals surface area contributed by atoms with Gasteiger partial charge in [0.25, 0.3) is 0 Å². The molecule has 0 bridgehead atoms. The molecule has 0 unspecified atom stereocenters. The molecule has 0 radical (unpaired) electrons. The summed E-state index contributed by atoms with van der Waals surface area (Å²) >= 11 is 0. The van der Waals surface area contributed by atoms with Crippen LogP contribution in [0.3, 0.4) is 0 Å². The molecule has 0 fully saturated rings. The minimum atomic E-state index is -1.11. The Labute approximate surface area is 212 Å². The largest absolute Gasteiger partial charge is 0.480 e. The normalized spacial score (nSPS) is 12.0. The van der Waals surface area contributed by atoms with Crippen LogP contribution in [-0.2, 0) is 22.4 Å². The summed E-state index contributed by atoms with van der Waals surface area (Å²) in [5.74, 6) is -1.56. The maximum absolute atomic E-state index is 12.8. The van der Waals surface area contributed by atoms with Gasteiger partial charge in [-0.25, -0.2) is 9.59 Å². The highest BCUT2D eigenvalue weighted by atomic mass is 16.4. The summed E-state index contributed by atoms with van der Waals surface area (Å²) in [6.07, 6.45) is 1.94. The molecule has 2 heterocycles. The van der Waals surface area contributed by atoms with E-state index in [1.165, 1.54) is 0 Å². The number of carboxylic acid groups (broad SMARTS) is 1. The minimum absolute atomic E-state index is 0.0428. The molecule has 5 aromatic rings. The third kappa shape index (κ3) is 5.02. The molecule has 1 amide bonds. The Kier molecular flexibility index (Phi) is 6.60. The third-order valence-corrected chi connectivity index (χ3v) is 6.58. The maximum atomic E-state index is 12.8. The topological polar surface area (TPSA) is 110 Å². The van der Waals surface area contributed by atoms with Gasteiger partial charge in [-0.15, -0.1) is 0 Å². The van der Waals surface area contributed by atoms with Crippen LogP contribution in [0.1, 0.15) is 23.1 Å². The summed E-state index contributed by atoms with van der Waals surface area (Å²) in [4.78, 5) is 37.1. The summed E-state index contributed by atoms with van der Waals surface area (Å²) in [5, 5.41) is 13.8. The molecule has 0 saturated carbocycles. The first-order valence-electron chi connectivity index (χ1n) is 12.0. The van der Waals surface area contributed by atoms with Gasteiger partial charge in [-0.1, -0.05) is 60.7 Å². The first kappa shape index (κ1) is 24.1. The summed E-state index contributed by atoms with van der Waals surface area (Å²) in [6, 6.07) is 21.6. The molecule has 2 aromatic heterocycles. The molecule has 3 aromatic carbocycles. The van der Waals surface area contributed by atoms with Crippen molar-refractivity contribution in [2.45, 2.75) is 32.2 Å². The van der Waals surface area contributed by atoms with E-state index >= 15 is 0 Å². The zero-order valence-electron chi connectivity index (χ0n) is 20.2. The highest BCUT2D eigenvalue weighted by Gasteiger charge is 2.21. The molecule has 0 aliphatic carbocycles. The van der Waals surface area contributed by atoms with Crippen LogP contribution in [0.4, 0.5) is 0 Å². The second kappa shape index (κ2) is 10.1. The van der Waals surface area contributed by atoms with Crippen LogP contribution in [0, 0.1) is 6.92 Å². The highest BCUT2D eigenvalue weighted by Crippen LogP contribution is 2.34. The van der Waals surface area contributed by atoms with Crippen molar-refractivity contribution in [3.05, 3.63) is 106 Å². The van der Waals surface area contributed by atoms with Gasteiger partial charge in [0.1, 0.15) is 17.2 Å². The van der Waals surface area contributed by atoms with E-state index < -0.39 is 23.5 Å². The second-order valence-electron chi connectivity index (χ2n) is 9.00. The number of carboxylic acids is 1. The molecule has 0 saturated heterocycles. The van der Waals surface area contributed by atoms with E-state index in [4.69, 9.17) is 8.83 Å². The number of nitrogens with one attached hydrogen (secondary N) is 1. The fourth-order valence-electron chi connectivity index (χ4n) is 4.60. The van der Waals surface area contributed by atoms with Crippen molar-refractivity contribution in [2.75, 3.05) is 0 Å². The van der Waals surface area contributed by atoms with E-state index in [-0.39, 0.29) is 19.3 Å². The minimum Gasteiger partial charge on any atom is -0.480 e. The molecule has 1 atom stereocenters. The Bertz CT molecular complexity index is 1650. The number of hydrogen-bond acceptors (Lipinski definition) is 5. The molecule has 5 rings (SSSR count). The van der Waals surface area contributed by atoms with E-state index in [0.29, 0.717) is 16.7 Å². The Hall–Kier alpha value is -4.65.